The summed E-state index contributed by atoms with van der Waals surface area (Å²) in [6.45, 7) is 0.769. The van der Waals surface area contributed by atoms with E-state index in [9.17, 15) is 4.79 Å². The van der Waals surface area contributed by atoms with Gasteiger partial charge in [0, 0.05) is 12.0 Å². The molecule has 3 aromatic rings. The topological polar surface area (TPSA) is 99.9 Å². The predicted octanol–water partition coefficient (Wildman–Crippen LogP) is 2.88. The lowest BCUT2D eigenvalue weighted by atomic mass is 9.89. The molecule has 0 radical (unpaired) electrons. The van der Waals surface area contributed by atoms with Crippen molar-refractivity contribution >= 4 is 11.6 Å². The summed E-state index contributed by atoms with van der Waals surface area (Å²) in [5, 5.41) is 15.9. The fraction of sp³-hybridized carbons (Fsp3) is 0.455. The lowest BCUT2D eigenvalue weighted by Gasteiger charge is -2.20. The van der Waals surface area contributed by atoms with Crippen LogP contribution >= 0.6 is 0 Å². The number of amides is 1. The molecule has 9 nitrogen and oxygen atoms in total. The molecule has 2 aromatic heterocycles. The molecule has 31 heavy (non-hydrogen) atoms. The monoisotopic (exact) mass is 425 g/mol. The molecule has 0 unspecified atom stereocenters. The maximum atomic E-state index is 12.2. The van der Waals surface area contributed by atoms with E-state index in [0.717, 1.165) is 25.7 Å². The Bertz CT molecular complexity index is 1050. The van der Waals surface area contributed by atoms with Crippen LogP contribution in [0.3, 0.4) is 0 Å². The van der Waals surface area contributed by atoms with Crippen LogP contribution in [0.1, 0.15) is 32.1 Å². The molecule has 1 fully saturated rings. The first kappa shape index (κ1) is 20.9. The van der Waals surface area contributed by atoms with Crippen molar-refractivity contribution in [1.82, 2.24) is 25.1 Å². The van der Waals surface area contributed by atoms with E-state index in [1.165, 1.54) is 6.42 Å². The van der Waals surface area contributed by atoms with E-state index in [1.54, 1.807) is 30.9 Å². The van der Waals surface area contributed by atoms with Crippen molar-refractivity contribution < 1.29 is 19.0 Å². The zero-order valence-electron chi connectivity index (χ0n) is 17.8. The lowest BCUT2D eigenvalue weighted by Crippen LogP contribution is -2.34. The van der Waals surface area contributed by atoms with Gasteiger partial charge in [0.05, 0.1) is 26.3 Å². The van der Waals surface area contributed by atoms with Crippen LogP contribution in [0.4, 0.5) is 0 Å². The third-order valence-corrected chi connectivity index (χ3v) is 5.51. The molecule has 1 aromatic carbocycles. The van der Waals surface area contributed by atoms with Crippen molar-refractivity contribution in [2.45, 2.75) is 32.1 Å². The minimum absolute atomic E-state index is 0.123. The van der Waals surface area contributed by atoms with Crippen LogP contribution in [0.25, 0.3) is 17.0 Å². The second-order valence-electron chi connectivity index (χ2n) is 7.51. The van der Waals surface area contributed by atoms with Crippen LogP contribution in [0.2, 0.25) is 0 Å². The molecule has 9 heteroatoms. The van der Waals surface area contributed by atoms with Crippen LogP contribution in [-0.4, -0.2) is 53.1 Å². The number of rotatable bonds is 8. The minimum Gasteiger partial charge on any atom is -0.497 e. The number of aromatic nitrogens is 4. The summed E-state index contributed by atoms with van der Waals surface area (Å²) in [4.78, 5) is 12.2. The first-order chi connectivity index (χ1) is 15.2. The van der Waals surface area contributed by atoms with Crippen molar-refractivity contribution in [2.24, 2.45) is 5.92 Å². The molecule has 1 N–H and O–H groups in total. The normalized spacial score (nSPS) is 14.4. The Balaban J connectivity index is 1.44. The van der Waals surface area contributed by atoms with Crippen molar-refractivity contribution in [3.05, 3.63) is 30.3 Å². The fourth-order valence-corrected chi connectivity index (χ4v) is 3.84. The van der Waals surface area contributed by atoms with Crippen molar-refractivity contribution in [3.63, 3.8) is 0 Å². The number of carbonyl (C=O) groups is 1. The van der Waals surface area contributed by atoms with Gasteiger partial charge in [-0.1, -0.05) is 19.3 Å². The number of methoxy groups -OCH3 is 2. The SMILES string of the molecule is COc1ccc(OC)c(-c2nnc3ccc(OCCNC(=O)C4CCCCC4)nn23)c1. The molecule has 1 amide bonds. The molecule has 164 valence electrons. The van der Waals surface area contributed by atoms with E-state index in [2.05, 4.69) is 20.6 Å². The van der Waals surface area contributed by atoms with E-state index in [4.69, 9.17) is 14.2 Å². The number of fused-ring (bicyclic) bond motifs is 1. The van der Waals surface area contributed by atoms with Gasteiger partial charge < -0.3 is 19.5 Å². The predicted molar refractivity (Wildman–Crippen MR) is 114 cm³/mol. The molecular formula is C22H27N5O4. The Hall–Kier alpha value is -3.36. The molecule has 0 atom stereocenters. The maximum absolute atomic E-state index is 12.2. The van der Waals surface area contributed by atoms with E-state index in [-0.39, 0.29) is 11.8 Å². The molecule has 0 spiro atoms. The Morgan fingerprint density at radius 2 is 1.94 bits per heavy atom. The summed E-state index contributed by atoms with van der Waals surface area (Å²) in [6.07, 6.45) is 5.47. The van der Waals surface area contributed by atoms with Gasteiger partial charge in [0.25, 0.3) is 0 Å². The zero-order valence-corrected chi connectivity index (χ0v) is 17.8. The average Bonchev–Trinajstić information content (AvgIpc) is 3.25. The Labute approximate surface area is 180 Å². The second-order valence-corrected chi connectivity index (χ2v) is 7.51. The number of benzene rings is 1. The number of nitrogens with zero attached hydrogens (tertiary/aromatic N) is 4. The minimum atomic E-state index is 0.123. The summed E-state index contributed by atoms with van der Waals surface area (Å²) in [7, 11) is 3.20. The van der Waals surface area contributed by atoms with Gasteiger partial charge >= 0.3 is 0 Å². The van der Waals surface area contributed by atoms with Crippen molar-refractivity contribution in [1.29, 1.82) is 0 Å². The number of hydrogen-bond donors (Lipinski definition) is 1. The first-order valence-electron chi connectivity index (χ1n) is 10.5. The highest BCUT2D eigenvalue weighted by Crippen LogP contribution is 2.32. The molecular weight excluding hydrogens is 398 g/mol. The summed E-state index contributed by atoms with van der Waals surface area (Å²) in [5.74, 6) is 2.50. The molecule has 0 aliphatic heterocycles. The third-order valence-electron chi connectivity index (χ3n) is 5.51. The smallest absolute Gasteiger partial charge is 0.231 e. The molecule has 1 saturated carbocycles. The van der Waals surface area contributed by atoms with E-state index >= 15 is 0 Å². The maximum Gasteiger partial charge on any atom is 0.231 e. The van der Waals surface area contributed by atoms with Gasteiger partial charge in [0.1, 0.15) is 18.1 Å². The van der Waals surface area contributed by atoms with Crippen LogP contribution in [0, 0.1) is 5.92 Å². The average molecular weight is 425 g/mol. The molecule has 4 rings (SSSR count). The number of nitrogens with one attached hydrogen (secondary N) is 1. The van der Waals surface area contributed by atoms with Gasteiger partial charge in [-0.15, -0.1) is 15.3 Å². The van der Waals surface area contributed by atoms with Crippen LogP contribution in [0.5, 0.6) is 17.4 Å². The number of ether oxygens (including phenoxy) is 3. The summed E-state index contributed by atoms with van der Waals surface area (Å²) in [6, 6.07) is 8.97. The largest absolute Gasteiger partial charge is 0.497 e. The standard InChI is InChI=1S/C22H27N5O4/c1-29-16-8-9-18(30-2)17(14-16)21-25-24-19-10-11-20(26-27(19)21)31-13-12-23-22(28)15-6-4-3-5-7-15/h8-11,14-15H,3-7,12-13H2,1-2H3,(H,23,28). The van der Waals surface area contributed by atoms with Gasteiger partial charge in [-0.3, -0.25) is 4.79 Å². The van der Waals surface area contributed by atoms with Gasteiger partial charge in [-0.05, 0) is 37.1 Å². The van der Waals surface area contributed by atoms with Crippen LogP contribution in [-0.2, 0) is 4.79 Å². The quantitative estimate of drug-likeness (QED) is 0.554. The van der Waals surface area contributed by atoms with E-state index in [1.807, 2.05) is 18.2 Å². The Kier molecular flexibility index (Phi) is 6.49. The van der Waals surface area contributed by atoms with Crippen LogP contribution < -0.4 is 19.5 Å². The highest BCUT2D eigenvalue weighted by atomic mass is 16.5. The highest BCUT2D eigenvalue weighted by Gasteiger charge is 2.20. The van der Waals surface area contributed by atoms with Crippen molar-refractivity contribution in [2.75, 3.05) is 27.4 Å². The van der Waals surface area contributed by atoms with Crippen LogP contribution in [0.15, 0.2) is 30.3 Å². The second kappa shape index (κ2) is 9.63. The summed E-state index contributed by atoms with van der Waals surface area (Å²) < 4.78 is 18.1. The number of carbonyl (C=O) groups excluding carboxylic acids is 1. The highest BCUT2D eigenvalue weighted by molar-refractivity contribution is 5.78. The molecule has 1 aliphatic rings. The zero-order chi connectivity index (χ0) is 21.6. The van der Waals surface area contributed by atoms with E-state index < -0.39 is 0 Å². The van der Waals surface area contributed by atoms with Gasteiger partial charge in [-0.2, -0.15) is 4.52 Å². The van der Waals surface area contributed by atoms with E-state index in [0.29, 0.717) is 47.6 Å². The molecule has 2 heterocycles. The fourth-order valence-electron chi connectivity index (χ4n) is 3.84. The molecule has 0 saturated heterocycles. The number of hydrogen-bond acceptors (Lipinski definition) is 7. The Morgan fingerprint density at radius 3 is 2.71 bits per heavy atom. The third kappa shape index (κ3) is 4.70. The Morgan fingerprint density at radius 1 is 1.10 bits per heavy atom. The first-order valence-corrected chi connectivity index (χ1v) is 10.5. The lowest BCUT2D eigenvalue weighted by molar-refractivity contribution is -0.126. The van der Waals surface area contributed by atoms with Gasteiger partial charge in [-0.25, -0.2) is 0 Å². The van der Waals surface area contributed by atoms with Crippen molar-refractivity contribution in [3.8, 4) is 28.8 Å². The molecule has 0 bridgehead atoms. The molecule has 1 aliphatic carbocycles. The van der Waals surface area contributed by atoms with Gasteiger partial charge in [0.2, 0.25) is 11.8 Å². The van der Waals surface area contributed by atoms with Gasteiger partial charge in [0.15, 0.2) is 11.5 Å². The summed E-state index contributed by atoms with van der Waals surface area (Å²) in [5.41, 5.74) is 1.29. The summed E-state index contributed by atoms with van der Waals surface area (Å²) >= 11 is 0.